The fraction of sp³-hybridized carbons (Fsp3) is 0.714. The second-order valence-corrected chi connectivity index (χ2v) is 5.98. The summed E-state index contributed by atoms with van der Waals surface area (Å²) >= 11 is 0. The van der Waals surface area contributed by atoms with Gasteiger partial charge in [0.1, 0.15) is 17.7 Å². The summed E-state index contributed by atoms with van der Waals surface area (Å²) < 4.78 is 1.81. The molecule has 1 saturated heterocycles. The molecule has 21 heavy (non-hydrogen) atoms. The molecule has 2 amide bonds. The highest BCUT2D eigenvalue weighted by molar-refractivity contribution is 5.98. The standard InChI is InChI=1S/C14H21N5O2/c1-3-6-19-11(16-9-17-19)8-18-12(20)7-15-13(21)14(18,2)10-4-5-10/h9-10H,3-8H2,1-2H3,(H,15,21). The lowest BCUT2D eigenvalue weighted by Gasteiger charge is -2.43. The van der Waals surface area contributed by atoms with Gasteiger partial charge in [0.05, 0.1) is 13.1 Å². The first kappa shape index (κ1) is 14.0. The molecule has 0 spiro atoms. The maximum atomic E-state index is 12.3. The Balaban J connectivity index is 1.88. The van der Waals surface area contributed by atoms with Crippen molar-refractivity contribution in [2.75, 3.05) is 6.54 Å². The quantitative estimate of drug-likeness (QED) is 0.847. The number of carbonyl (C=O) groups excluding carboxylic acids is 2. The van der Waals surface area contributed by atoms with E-state index in [1.165, 1.54) is 6.33 Å². The molecule has 1 aromatic rings. The highest BCUT2D eigenvalue weighted by atomic mass is 16.2. The molecule has 2 heterocycles. The lowest BCUT2D eigenvalue weighted by Crippen LogP contribution is -2.66. The molecule has 2 aliphatic rings. The molecule has 1 aromatic heterocycles. The molecule has 0 aromatic carbocycles. The van der Waals surface area contributed by atoms with E-state index < -0.39 is 5.54 Å². The summed E-state index contributed by atoms with van der Waals surface area (Å²) in [6.45, 7) is 5.13. The highest BCUT2D eigenvalue weighted by Gasteiger charge is 2.55. The zero-order valence-electron chi connectivity index (χ0n) is 12.5. The van der Waals surface area contributed by atoms with Crippen molar-refractivity contribution in [3.05, 3.63) is 12.2 Å². The molecule has 0 radical (unpaired) electrons. The number of amides is 2. The third kappa shape index (κ3) is 2.30. The van der Waals surface area contributed by atoms with Crippen LogP contribution in [0.5, 0.6) is 0 Å². The SMILES string of the molecule is CCCn1ncnc1CN1C(=O)CNC(=O)C1(C)C1CC1. The predicted molar refractivity (Wildman–Crippen MR) is 75.0 cm³/mol. The van der Waals surface area contributed by atoms with Crippen molar-refractivity contribution >= 4 is 11.8 Å². The first-order chi connectivity index (χ1) is 10.1. The van der Waals surface area contributed by atoms with E-state index in [1.807, 2.05) is 11.6 Å². The minimum atomic E-state index is -0.752. The van der Waals surface area contributed by atoms with E-state index in [-0.39, 0.29) is 24.3 Å². The van der Waals surface area contributed by atoms with Gasteiger partial charge in [-0.3, -0.25) is 9.59 Å². The van der Waals surface area contributed by atoms with Crippen LogP contribution in [-0.2, 0) is 22.7 Å². The third-order valence-corrected chi connectivity index (χ3v) is 4.52. The van der Waals surface area contributed by atoms with Crippen molar-refractivity contribution in [3.63, 3.8) is 0 Å². The molecule has 114 valence electrons. The molecular formula is C14H21N5O2. The smallest absolute Gasteiger partial charge is 0.246 e. The summed E-state index contributed by atoms with van der Waals surface area (Å²) in [5, 5.41) is 6.91. The number of piperazine rings is 1. The van der Waals surface area contributed by atoms with E-state index in [2.05, 4.69) is 22.3 Å². The van der Waals surface area contributed by atoms with Crippen LogP contribution in [0.3, 0.4) is 0 Å². The van der Waals surface area contributed by atoms with Crippen molar-refractivity contribution in [1.82, 2.24) is 25.0 Å². The van der Waals surface area contributed by atoms with Crippen LogP contribution in [0.25, 0.3) is 0 Å². The predicted octanol–water partition coefficient (Wildman–Crippen LogP) is 0.315. The number of hydrogen-bond donors (Lipinski definition) is 1. The fourth-order valence-corrected chi connectivity index (χ4v) is 3.07. The number of carbonyl (C=O) groups is 2. The maximum Gasteiger partial charge on any atom is 0.246 e. The van der Waals surface area contributed by atoms with Crippen LogP contribution < -0.4 is 5.32 Å². The second kappa shape index (κ2) is 5.13. The molecule has 1 unspecified atom stereocenters. The lowest BCUT2D eigenvalue weighted by atomic mass is 9.90. The van der Waals surface area contributed by atoms with E-state index >= 15 is 0 Å². The van der Waals surface area contributed by atoms with Crippen molar-refractivity contribution in [2.24, 2.45) is 5.92 Å². The Morgan fingerprint density at radius 2 is 2.19 bits per heavy atom. The Morgan fingerprint density at radius 3 is 2.86 bits per heavy atom. The van der Waals surface area contributed by atoms with Crippen LogP contribution in [0.2, 0.25) is 0 Å². The van der Waals surface area contributed by atoms with Gasteiger partial charge in [0.25, 0.3) is 0 Å². The van der Waals surface area contributed by atoms with Crippen LogP contribution in [0.1, 0.15) is 38.9 Å². The van der Waals surface area contributed by atoms with Gasteiger partial charge in [0.15, 0.2) is 0 Å². The van der Waals surface area contributed by atoms with Crippen molar-refractivity contribution < 1.29 is 9.59 Å². The molecule has 1 N–H and O–H groups in total. The number of aromatic nitrogens is 3. The Morgan fingerprint density at radius 1 is 1.43 bits per heavy atom. The number of hydrogen-bond acceptors (Lipinski definition) is 4. The van der Waals surface area contributed by atoms with Gasteiger partial charge in [-0.1, -0.05) is 6.92 Å². The third-order valence-electron chi connectivity index (χ3n) is 4.52. The molecule has 1 aliphatic heterocycles. The Labute approximate surface area is 123 Å². The van der Waals surface area contributed by atoms with Crippen LogP contribution in [0.4, 0.5) is 0 Å². The lowest BCUT2D eigenvalue weighted by molar-refractivity contribution is -0.155. The van der Waals surface area contributed by atoms with Gasteiger partial charge < -0.3 is 10.2 Å². The zero-order chi connectivity index (χ0) is 15.0. The largest absolute Gasteiger partial charge is 0.345 e. The summed E-state index contributed by atoms with van der Waals surface area (Å²) in [5.41, 5.74) is -0.752. The van der Waals surface area contributed by atoms with Crippen molar-refractivity contribution in [1.29, 1.82) is 0 Å². The summed E-state index contributed by atoms with van der Waals surface area (Å²) in [7, 11) is 0. The van der Waals surface area contributed by atoms with Crippen LogP contribution >= 0.6 is 0 Å². The monoisotopic (exact) mass is 291 g/mol. The van der Waals surface area contributed by atoms with E-state index in [1.54, 1.807) is 4.90 Å². The van der Waals surface area contributed by atoms with Gasteiger partial charge >= 0.3 is 0 Å². The topological polar surface area (TPSA) is 80.1 Å². The molecule has 1 atom stereocenters. The van der Waals surface area contributed by atoms with Gasteiger partial charge in [0.2, 0.25) is 11.8 Å². The number of rotatable bonds is 5. The molecule has 1 saturated carbocycles. The van der Waals surface area contributed by atoms with Gasteiger partial charge in [-0.15, -0.1) is 0 Å². The van der Waals surface area contributed by atoms with E-state index in [4.69, 9.17) is 0 Å². The van der Waals surface area contributed by atoms with Gasteiger partial charge in [-0.25, -0.2) is 9.67 Å². The Bertz CT molecular complexity index is 565. The van der Waals surface area contributed by atoms with Crippen molar-refractivity contribution in [3.8, 4) is 0 Å². The molecule has 3 rings (SSSR count). The molecule has 0 bridgehead atoms. The maximum absolute atomic E-state index is 12.3. The normalized spacial score (nSPS) is 26.1. The molecular weight excluding hydrogens is 270 g/mol. The highest BCUT2D eigenvalue weighted by Crippen LogP contribution is 2.44. The van der Waals surface area contributed by atoms with Crippen molar-refractivity contribution in [2.45, 2.75) is 51.7 Å². The Kier molecular flexibility index (Phi) is 3.43. The first-order valence-corrected chi connectivity index (χ1v) is 7.52. The summed E-state index contributed by atoms with van der Waals surface area (Å²) in [5.74, 6) is 0.900. The minimum Gasteiger partial charge on any atom is -0.345 e. The fourth-order valence-electron chi connectivity index (χ4n) is 3.07. The van der Waals surface area contributed by atoms with Gasteiger partial charge in [0, 0.05) is 6.54 Å². The van der Waals surface area contributed by atoms with E-state index in [0.29, 0.717) is 6.54 Å². The summed E-state index contributed by atoms with van der Waals surface area (Å²) in [6.07, 6.45) is 4.45. The molecule has 2 fully saturated rings. The number of nitrogens with one attached hydrogen (secondary N) is 1. The summed E-state index contributed by atoms with van der Waals surface area (Å²) in [6, 6.07) is 0. The van der Waals surface area contributed by atoms with Gasteiger partial charge in [-0.2, -0.15) is 5.10 Å². The minimum absolute atomic E-state index is 0.0463. The van der Waals surface area contributed by atoms with E-state index in [0.717, 1.165) is 31.6 Å². The van der Waals surface area contributed by atoms with Gasteiger partial charge in [-0.05, 0) is 32.1 Å². The molecule has 7 nitrogen and oxygen atoms in total. The number of nitrogens with zero attached hydrogens (tertiary/aromatic N) is 4. The first-order valence-electron chi connectivity index (χ1n) is 7.52. The van der Waals surface area contributed by atoms with Crippen LogP contribution in [-0.4, -0.2) is 43.6 Å². The summed E-state index contributed by atoms with van der Waals surface area (Å²) in [4.78, 5) is 30.6. The molecule has 1 aliphatic carbocycles. The molecule has 7 heteroatoms. The average Bonchev–Trinajstić information content (AvgIpc) is 3.23. The number of aryl methyl sites for hydroxylation is 1. The van der Waals surface area contributed by atoms with Crippen LogP contribution in [0.15, 0.2) is 6.33 Å². The second-order valence-electron chi connectivity index (χ2n) is 5.98. The zero-order valence-corrected chi connectivity index (χ0v) is 12.5. The van der Waals surface area contributed by atoms with E-state index in [9.17, 15) is 9.59 Å². The average molecular weight is 291 g/mol. The van der Waals surface area contributed by atoms with Crippen LogP contribution in [0, 0.1) is 5.92 Å². The Hall–Kier alpha value is -1.92.